The molecule has 58 heavy (non-hydrogen) atoms. The van der Waals surface area contributed by atoms with E-state index in [1.165, 1.54) is 24.3 Å². The van der Waals surface area contributed by atoms with E-state index >= 15 is 0 Å². The van der Waals surface area contributed by atoms with Gasteiger partial charge in [0.2, 0.25) is 11.8 Å². The van der Waals surface area contributed by atoms with Gasteiger partial charge in [-0.15, -0.1) is 0 Å². The number of rotatable bonds is 13. The molecule has 0 radical (unpaired) electrons. The Morgan fingerprint density at radius 1 is 0.655 bits per heavy atom. The Bertz CT molecular complexity index is 1730. The van der Waals surface area contributed by atoms with Crippen molar-refractivity contribution in [1.82, 2.24) is 10.2 Å². The van der Waals surface area contributed by atoms with Gasteiger partial charge < -0.3 is 20.1 Å². The number of nitrogens with zero attached hydrogens (tertiary/aromatic N) is 1. The molecule has 0 aliphatic carbocycles. The van der Waals surface area contributed by atoms with Crippen molar-refractivity contribution in [3.8, 4) is 0 Å². The van der Waals surface area contributed by atoms with Gasteiger partial charge in [0.05, 0.1) is 12.1 Å². The number of ether oxygens (including phenoxy) is 1. The van der Waals surface area contributed by atoms with Gasteiger partial charge in [-0.3, -0.25) is 9.59 Å². The van der Waals surface area contributed by atoms with Crippen molar-refractivity contribution >= 4 is 11.8 Å². The van der Waals surface area contributed by atoms with E-state index in [9.17, 15) is 44.7 Å². The molecule has 2 N–H and O–H groups in total. The Balaban J connectivity index is 0.000000234. The first-order chi connectivity index (χ1) is 27.6. The summed E-state index contributed by atoms with van der Waals surface area (Å²) in [7, 11) is 0. The summed E-state index contributed by atoms with van der Waals surface area (Å²) in [4.78, 5) is 24.2. The number of nitrogens with one attached hydrogen (secondary N) is 1. The predicted octanol–water partition coefficient (Wildman–Crippen LogP) is 10.4. The van der Waals surface area contributed by atoms with Crippen molar-refractivity contribution in [2.75, 3.05) is 26.3 Å². The molecular weight excluding hydrogens is 772 g/mol. The maximum Gasteiger partial charge on any atom is 0.389 e. The maximum atomic E-state index is 13.0. The summed E-state index contributed by atoms with van der Waals surface area (Å²) in [5.74, 6) is -0.169. The van der Waals surface area contributed by atoms with Gasteiger partial charge >= 0.3 is 12.4 Å². The average molecular weight is 823 g/mol. The van der Waals surface area contributed by atoms with Gasteiger partial charge in [-0.2, -0.15) is 26.3 Å². The lowest BCUT2D eigenvalue weighted by Gasteiger charge is -2.28. The molecule has 2 amide bonds. The first kappa shape index (κ1) is 47.6. The van der Waals surface area contributed by atoms with Gasteiger partial charge in [0.1, 0.15) is 11.6 Å². The van der Waals surface area contributed by atoms with Crippen LogP contribution in [0.3, 0.4) is 0 Å². The second kappa shape index (κ2) is 24.8. The van der Waals surface area contributed by atoms with E-state index in [1.54, 1.807) is 24.3 Å². The molecule has 4 aromatic rings. The minimum Gasteiger partial charge on any atom is -0.396 e. The van der Waals surface area contributed by atoms with Crippen molar-refractivity contribution in [2.24, 2.45) is 0 Å². The fourth-order valence-corrected chi connectivity index (χ4v) is 6.05. The number of aliphatic hydroxyl groups excluding tert-OH is 1. The maximum absolute atomic E-state index is 13.0. The molecule has 6 rings (SSSR count). The summed E-state index contributed by atoms with van der Waals surface area (Å²) >= 11 is 0. The Kier molecular flexibility index (Phi) is 20.4. The minimum absolute atomic E-state index is 0.00832. The molecule has 2 fully saturated rings. The summed E-state index contributed by atoms with van der Waals surface area (Å²) in [6.07, 6.45) is -6.15. The third kappa shape index (κ3) is 19.6. The van der Waals surface area contributed by atoms with Gasteiger partial charge in [-0.05, 0) is 78.6 Å². The highest BCUT2D eigenvalue weighted by Gasteiger charge is 2.29. The number of halogens is 8. The molecule has 2 unspecified atom stereocenters. The smallest absolute Gasteiger partial charge is 0.389 e. The first-order valence-corrected chi connectivity index (χ1v) is 19.1. The van der Waals surface area contributed by atoms with Crippen molar-refractivity contribution in [2.45, 2.75) is 88.7 Å². The van der Waals surface area contributed by atoms with Crippen LogP contribution in [-0.2, 0) is 27.2 Å². The van der Waals surface area contributed by atoms with Crippen LogP contribution >= 0.6 is 0 Å². The van der Waals surface area contributed by atoms with Gasteiger partial charge in [-0.1, -0.05) is 84.9 Å². The van der Waals surface area contributed by atoms with Crippen LogP contribution in [0.15, 0.2) is 109 Å². The number of benzene rings is 4. The number of hydrogen-bond acceptors (Lipinski definition) is 4. The SMILES string of the molecule is Fc1ccc(C(Cc2ccccc2)OCCCC(F)(F)F)cc1.O=C1CCCN1.O=C1CCCN1C(Cc1ccc(F)cc1)c1ccccc1.OCCCC(F)(F)F. The summed E-state index contributed by atoms with van der Waals surface area (Å²) in [5.41, 5.74) is 3.95. The topological polar surface area (TPSA) is 78.9 Å². The van der Waals surface area contributed by atoms with E-state index in [2.05, 4.69) is 17.4 Å². The molecular formula is C44H50F8N2O4. The fourth-order valence-electron chi connectivity index (χ4n) is 6.05. The summed E-state index contributed by atoms with van der Waals surface area (Å²) < 4.78 is 102. The van der Waals surface area contributed by atoms with Gasteiger partial charge in [-0.25, -0.2) is 8.78 Å². The van der Waals surface area contributed by atoms with Crippen LogP contribution in [-0.4, -0.2) is 60.5 Å². The summed E-state index contributed by atoms with van der Waals surface area (Å²) in [6, 6.07) is 32.0. The summed E-state index contributed by atoms with van der Waals surface area (Å²) in [6.45, 7) is 1.31. The van der Waals surface area contributed by atoms with Crippen LogP contribution in [0.5, 0.6) is 0 Å². The number of carbonyl (C=O) groups excluding carboxylic acids is 2. The molecule has 4 aromatic carbocycles. The summed E-state index contributed by atoms with van der Waals surface area (Å²) in [5, 5.41) is 10.6. The van der Waals surface area contributed by atoms with Crippen molar-refractivity contribution < 1.29 is 54.6 Å². The van der Waals surface area contributed by atoms with E-state index in [0.717, 1.165) is 61.0 Å². The molecule has 0 saturated carbocycles. The van der Waals surface area contributed by atoms with Gasteiger partial charge in [0.25, 0.3) is 0 Å². The largest absolute Gasteiger partial charge is 0.396 e. The van der Waals surface area contributed by atoms with E-state index in [4.69, 9.17) is 9.84 Å². The minimum atomic E-state index is -4.17. The second-order valence-corrected chi connectivity index (χ2v) is 13.7. The Morgan fingerprint density at radius 3 is 1.67 bits per heavy atom. The Hall–Kier alpha value is -4.82. The molecule has 2 saturated heterocycles. The third-order valence-corrected chi connectivity index (χ3v) is 8.96. The average Bonchev–Trinajstić information content (AvgIpc) is 3.86. The monoisotopic (exact) mass is 822 g/mol. The lowest BCUT2D eigenvalue weighted by Crippen LogP contribution is -2.31. The molecule has 6 nitrogen and oxygen atoms in total. The van der Waals surface area contributed by atoms with Crippen LogP contribution in [0.1, 0.15) is 85.8 Å². The van der Waals surface area contributed by atoms with Gasteiger partial charge in [0.15, 0.2) is 0 Å². The number of alkyl halides is 6. The van der Waals surface area contributed by atoms with Crippen molar-refractivity contribution in [3.05, 3.63) is 143 Å². The molecule has 2 aliphatic rings. The lowest BCUT2D eigenvalue weighted by molar-refractivity contribution is -0.139. The van der Waals surface area contributed by atoms with Gasteiger partial charge in [0, 0.05) is 58.4 Å². The standard InChI is InChI=1S/C18H18F4O.C18H18FNO.C4H7F3O.C4H7NO/c19-16-9-7-15(8-10-16)17(13-14-5-2-1-3-6-14)23-12-4-11-18(20,21)22;19-16-10-8-14(9-11-16)13-17(15-5-2-1-3-6-15)20-12-4-7-18(20)21;5-4(6,7)2-1-3-8;6-4-2-1-3-5-4/h1-3,5-10,17H,4,11-13H2;1-3,5-6,8-11,17H,4,7,12-13H2;8H,1-3H2;1-3H2,(H,5,6). The van der Waals surface area contributed by atoms with E-state index < -0.39 is 31.3 Å². The number of likely N-dealkylation sites (tertiary alicyclic amines) is 1. The quantitative estimate of drug-likeness (QED) is 0.104. The molecule has 2 atom stereocenters. The third-order valence-electron chi connectivity index (χ3n) is 8.96. The zero-order chi connectivity index (χ0) is 42.4. The first-order valence-electron chi connectivity index (χ1n) is 19.1. The zero-order valence-corrected chi connectivity index (χ0v) is 32.1. The van der Waals surface area contributed by atoms with Crippen LogP contribution in [0, 0.1) is 11.6 Å². The van der Waals surface area contributed by atoms with E-state index in [0.29, 0.717) is 12.8 Å². The van der Waals surface area contributed by atoms with E-state index in [1.807, 2.05) is 53.4 Å². The second-order valence-electron chi connectivity index (χ2n) is 13.7. The molecule has 0 aromatic heterocycles. The molecule has 2 aliphatic heterocycles. The number of aliphatic hydroxyl groups is 1. The number of hydrogen-bond donors (Lipinski definition) is 2. The highest BCUT2D eigenvalue weighted by Crippen LogP contribution is 2.30. The highest BCUT2D eigenvalue weighted by atomic mass is 19.4. The van der Waals surface area contributed by atoms with E-state index in [-0.39, 0.29) is 55.5 Å². The molecule has 2 heterocycles. The van der Waals surface area contributed by atoms with Crippen LogP contribution < -0.4 is 5.32 Å². The Morgan fingerprint density at radius 2 is 1.21 bits per heavy atom. The normalized spacial score (nSPS) is 14.9. The highest BCUT2D eigenvalue weighted by molar-refractivity contribution is 5.78. The fraction of sp³-hybridized carbons (Fsp3) is 0.409. The molecule has 0 spiro atoms. The van der Waals surface area contributed by atoms with Crippen molar-refractivity contribution in [1.29, 1.82) is 0 Å². The number of amides is 2. The van der Waals surface area contributed by atoms with Crippen LogP contribution in [0.25, 0.3) is 0 Å². The Labute approximate surface area is 334 Å². The molecule has 316 valence electrons. The van der Waals surface area contributed by atoms with Crippen molar-refractivity contribution in [3.63, 3.8) is 0 Å². The predicted molar refractivity (Wildman–Crippen MR) is 205 cm³/mol. The number of carbonyl (C=O) groups is 2. The molecule has 14 heteroatoms. The lowest BCUT2D eigenvalue weighted by atomic mass is 9.97. The zero-order valence-electron chi connectivity index (χ0n) is 32.1. The van der Waals surface area contributed by atoms with Crippen LogP contribution in [0.4, 0.5) is 35.1 Å². The molecule has 0 bridgehead atoms. The van der Waals surface area contributed by atoms with Crippen LogP contribution in [0.2, 0.25) is 0 Å².